The van der Waals surface area contributed by atoms with Crippen molar-refractivity contribution in [3.8, 4) is 11.8 Å². The highest BCUT2D eigenvalue weighted by Gasteiger charge is 2.24. The average Bonchev–Trinajstić information content (AvgIpc) is 2.78. The van der Waals surface area contributed by atoms with Crippen molar-refractivity contribution < 1.29 is 9.53 Å². The van der Waals surface area contributed by atoms with E-state index in [9.17, 15) is 4.79 Å². The smallest absolute Gasteiger partial charge is 0.273 e. The summed E-state index contributed by atoms with van der Waals surface area (Å²) >= 11 is 0. The molecule has 0 N–H and O–H groups in total. The van der Waals surface area contributed by atoms with Crippen LogP contribution in [-0.4, -0.2) is 28.9 Å². The zero-order valence-corrected chi connectivity index (χ0v) is 17.5. The lowest BCUT2D eigenvalue weighted by atomic mass is 10.0. The maximum atomic E-state index is 13.4. The molecule has 3 rings (SSSR count). The minimum Gasteiger partial charge on any atom is -0.496 e. The maximum Gasteiger partial charge on any atom is 0.273 e. The lowest BCUT2D eigenvalue weighted by Crippen LogP contribution is -2.40. The summed E-state index contributed by atoms with van der Waals surface area (Å²) in [6, 6.07) is 23.0. The summed E-state index contributed by atoms with van der Waals surface area (Å²) < 4.78 is 5.48. The number of ether oxygens (including phenoxy) is 1. The van der Waals surface area contributed by atoms with Gasteiger partial charge in [0.1, 0.15) is 17.5 Å². The summed E-state index contributed by atoms with van der Waals surface area (Å²) in [6.45, 7) is 4.25. The minimum absolute atomic E-state index is 0.0910. The van der Waals surface area contributed by atoms with Crippen LogP contribution in [0.15, 0.2) is 66.7 Å². The molecule has 5 heteroatoms. The van der Waals surface area contributed by atoms with Crippen LogP contribution in [0.5, 0.6) is 5.75 Å². The number of carbonyl (C=O) groups excluding carboxylic acids is 1. The first-order valence-electron chi connectivity index (χ1n) is 9.88. The van der Waals surface area contributed by atoms with E-state index in [-0.39, 0.29) is 11.9 Å². The van der Waals surface area contributed by atoms with Gasteiger partial charge in [-0.1, -0.05) is 48.5 Å². The molecule has 5 nitrogen and oxygen atoms in total. The van der Waals surface area contributed by atoms with Gasteiger partial charge in [0.15, 0.2) is 0 Å². The molecule has 0 aliphatic carbocycles. The SMILES string of the molecule is COc1ccccc1CC(C)N(Cc1ccccc1)C(=O)c1ccc(C#N)c(C)n1. The van der Waals surface area contributed by atoms with Gasteiger partial charge >= 0.3 is 0 Å². The monoisotopic (exact) mass is 399 g/mol. The van der Waals surface area contributed by atoms with Gasteiger partial charge in [-0.2, -0.15) is 5.26 Å². The summed E-state index contributed by atoms with van der Waals surface area (Å²) in [4.78, 5) is 19.7. The van der Waals surface area contributed by atoms with Crippen LogP contribution in [0.1, 0.15) is 39.8 Å². The number of rotatable bonds is 7. The first-order valence-corrected chi connectivity index (χ1v) is 9.88. The standard InChI is InChI=1S/C25H25N3O2/c1-18(15-21-11-7-8-12-24(21)30-3)28(17-20-9-5-4-6-10-20)25(29)23-14-13-22(16-26)19(2)27-23/h4-14,18H,15,17H2,1-3H3. The number of amides is 1. The second-order valence-electron chi connectivity index (χ2n) is 7.22. The van der Waals surface area contributed by atoms with E-state index >= 15 is 0 Å². The first-order chi connectivity index (χ1) is 14.5. The highest BCUT2D eigenvalue weighted by Crippen LogP contribution is 2.22. The molecule has 0 aliphatic rings. The quantitative estimate of drug-likeness (QED) is 0.585. The number of benzene rings is 2. The highest BCUT2D eigenvalue weighted by atomic mass is 16.5. The van der Waals surface area contributed by atoms with E-state index in [2.05, 4.69) is 11.1 Å². The van der Waals surface area contributed by atoms with Crippen LogP contribution in [-0.2, 0) is 13.0 Å². The molecule has 0 saturated carbocycles. The Hall–Kier alpha value is -3.65. The van der Waals surface area contributed by atoms with Crippen LogP contribution < -0.4 is 4.74 Å². The van der Waals surface area contributed by atoms with E-state index in [4.69, 9.17) is 10.00 Å². The molecule has 1 heterocycles. The molecule has 3 aromatic rings. The van der Waals surface area contributed by atoms with Gasteiger partial charge in [-0.15, -0.1) is 0 Å². The van der Waals surface area contributed by atoms with E-state index in [1.165, 1.54) is 0 Å². The summed E-state index contributed by atoms with van der Waals surface area (Å²) in [6.07, 6.45) is 0.651. The zero-order chi connectivity index (χ0) is 21.5. The van der Waals surface area contributed by atoms with Crippen LogP contribution in [0, 0.1) is 18.3 Å². The second-order valence-corrected chi connectivity index (χ2v) is 7.22. The predicted molar refractivity (Wildman–Crippen MR) is 116 cm³/mol. The van der Waals surface area contributed by atoms with Gasteiger partial charge in [0, 0.05) is 12.6 Å². The van der Waals surface area contributed by atoms with Crippen LogP contribution >= 0.6 is 0 Å². The Balaban J connectivity index is 1.92. The molecule has 30 heavy (non-hydrogen) atoms. The van der Waals surface area contributed by atoms with Crippen molar-refractivity contribution in [1.82, 2.24) is 9.88 Å². The Morgan fingerprint density at radius 3 is 2.47 bits per heavy atom. The van der Waals surface area contributed by atoms with E-state index < -0.39 is 0 Å². The van der Waals surface area contributed by atoms with E-state index in [0.717, 1.165) is 16.9 Å². The van der Waals surface area contributed by atoms with Crippen molar-refractivity contribution in [2.75, 3.05) is 7.11 Å². The third kappa shape index (κ3) is 4.84. The predicted octanol–water partition coefficient (Wildman–Crippen LogP) is 4.54. The maximum absolute atomic E-state index is 13.4. The number of methoxy groups -OCH3 is 1. The topological polar surface area (TPSA) is 66.2 Å². The van der Waals surface area contributed by atoms with Gasteiger partial charge in [-0.3, -0.25) is 4.79 Å². The molecule has 0 aliphatic heterocycles. The van der Waals surface area contributed by atoms with Crippen LogP contribution in [0.3, 0.4) is 0 Å². The summed E-state index contributed by atoms with van der Waals surface area (Å²) in [5, 5.41) is 9.16. The van der Waals surface area contributed by atoms with Gasteiger partial charge in [0.25, 0.3) is 5.91 Å². The summed E-state index contributed by atoms with van der Waals surface area (Å²) in [7, 11) is 1.65. The third-order valence-corrected chi connectivity index (χ3v) is 5.12. The van der Waals surface area contributed by atoms with Crippen molar-refractivity contribution in [2.45, 2.75) is 32.9 Å². The molecular weight excluding hydrogens is 374 g/mol. The number of aryl methyl sites for hydroxylation is 1. The Morgan fingerprint density at radius 1 is 1.10 bits per heavy atom. The Labute approximate surface area is 177 Å². The molecule has 2 aromatic carbocycles. The Bertz CT molecular complexity index is 1060. The van der Waals surface area contributed by atoms with Crippen LogP contribution in [0.4, 0.5) is 0 Å². The van der Waals surface area contributed by atoms with Crippen molar-refractivity contribution in [1.29, 1.82) is 5.26 Å². The fourth-order valence-corrected chi connectivity index (χ4v) is 3.45. The van der Waals surface area contributed by atoms with Crippen molar-refractivity contribution in [3.05, 3.63) is 94.8 Å². The number of carbonyl (C=O) groups is 1. The number of nitrogens with zero attached hydrogens (tertiary/aromatic N) is 3. The van der Waals surface area contributed by atoms with Gasteiger partial charge in [-0.05, 0) is 49.6 Å². The van der Waals surface area contributed by atoms with Gasteiger partial charge in [-0.25, -0.2) is 4.98 Å². The molecule has 0 saturated heterocycles. The Morgan fingerprint density at radius 2 is 1.80 bits per heavy atom. The summed E-state index contributed by atoms with van der Waals surface area (Å²) in [5.74, 6) is 0.651. The van der Waals surface area contributed by atoms with Gasteiger partial charge in [0.2, 0.25) is 0 Å². The number of nitriles is 1. The Kier molecular flexibility index (Phi) is 6.82. The number of hydrogen-bond acceptors (Lipinski definition) is 4. The second kappa shape index (κ2) is 9.71. The zero-order valence-electron chi connectivity index (χ0n) is 17.5. The lowest BCUT2D eigenvalue weighted by molar-refractivity contribution is 0.0668. The van der Waals surface area contributed by atoms with Crippen molar-refractivity contribution in [2.24, 2.45) is 0 Å². The summed E-state index contributed by atoms with van der Waals surface area (Å²) in [5.41, 5.74) is 3.46. The van der Waals surface area contributed by atoms with Gasteiger partial charge < -0.3 is 9.64 Å². The number of pyridine rings is 1. The van der Waals surface area contributed by atoms with Crippen molar-refractivity contribution in [3.63, 3.8) is 0 Å². The normalized spacial score (nSPS) is 11.4. The molecule has 1 aromatic heterocycles. The minimum atomic E-state index is -0.158. The van der Waals surface area contributed by atoms with E-state index in [1.807, 2.05) is 66.4 Å². The van der Waals surface area contributed by atoms with E-state index in [1.54, 1.807) is 26.2 Å². The molecule has 0 spiro atoms. The molecule has 0 fully saturated rings. The van der Waals surface area contributed by atoms with Crippen LogP contribution in [0.25, 0.3) is 0 Å². The molecule has 0 bridgehead atoms. The molecular formula is C25H25N3O2. The van der Waals surface area contributed by atoms with E-state index in [0.29, 0.717) is 29.9 Å². The molecule has 1 amide bonds. The average molecular weight is 399 g/mol. The first kappa shape index (κ1) is 21.1. The molecule has 152 valence electrons. The number of hydrogen-bond donors (Lipinski definition) is 0. The molecule has 1 atom stereocenters. The number of aromatic nitrogens is 1. The molecule has 1 unspecified atom stereocenters. The highest BCUT2D eigenvalue weighted by molar-refractivity contribution is 5.92. The fourth-order valence-electron chi connectivity index (χ4n) is 3.45. The number of para-hydroxylation sites is 1. The lowest BCUT2D eigenvalue weighted by Gasteiger charge is -2.30. The largest absolute Gasteiger partial charge is 0.496 e. The third-order valence-electron chi connectivity index (χ3n) is 5.12. The van der Waals surface area contributed by atoms with Gasteiger partial charge in [0.05, 0.1) is 18.4 Å². The van der Waals surface area contributed by atoms with Crippen molar-refractivity contribution >= 4 is 5.91 Å². The fraction of sp³-hybridized carbons (Fsp3) is 0.240. The van der Waals surface area contributed by atoms with Crippen LogP contribution in [0.2, 0.25) is 0 Å². The molecule has 0 radical (unpaired) electrons.